The van der Waals surface area contributed by atoms with Crippen LogP contribution in [0.4, 0.5) is 13.2 Å². The number of rotatable bonds is 4. The summed E-state index contributed by atoms with van der Waals surface area (Å²) in [4.78, 5) is 27.2. The molecule has 3 aromatic rings. The number of imidazole rings is 1. The summed E-state index contributed by atoms with van der Waals surface area (Å²) in [6.45, 7) is 3.05. The van der Waals surface area contributed by atoms with Crippen LogP contribution in [0.2, 0.25) is 0 Å². The number of H-pyrrole nitrogens is 1. The molecule has 2 aliphatic rings. The molecule has 1 aromatic carbocycles. The van der Waals surface area contributed by atoms with E-state index >= 15 is 0 Å². The first-order chi connectivity index (χ1) is 15.9. The number of pyridine rings is 1. The number of aromatic amines is 1. The minimum Gasteiger partial charge on any atom is -0.406 e. The number of nitrogens with one attached hydrogen (secondary N) is 2. The highest BCUT2D eigenvalue weighted by atomic mass is 19.4. The van der Waals surface area contributed by atoms with E-state index in [1.807, 2.05) is 6.07 Å². The molecule has 0 aliphatic carbocycles. The van der Waals surface area contributed by atoms with E-state index in [1.165, 1.54) is 17.7 Å². The van der Waals surface area contributed by atoms with Crippen LogP contribution in [-0.4, -0.2) is 58.3 Å². The molecule has 1 atom stereocenters. The fraction of sp³-hybridized carbons (Fsp3) is 0.435. The lowest BCUT2D eigenvalue weighted by Gasteiger charge is -2.32. The summed E-state index contributed by atoms with van der Waals surface area (Å²) in [5, 5.41) is 3.36. The standard InChI is InChI=1S/C23H24F3N5O2/c24-23(25,26)33-17-3-1-15(2-4-17)22(32)31-11-7-14(8-12-31)18-6-10-28-21-19(18)29-20(30-21)16-5-9-27-13-16/h1-4,6,10,14,16,27H,5,7-9,11-13H2,(H,28,29,30). The molecule has 174 valence electrons. The second kappa shape index (κ2) is 8.66. The van der Waals surface area contributed by atoms with Crippen LogP contribution in [0.1, 0.15) is 52.8 Å². The molecule has 0 bridgehead atoms. The average Bonchev–Trinajstić information content (AvgIpc) is 3.48. The normalized spacial score (nSPS) is 19.8. The molecule has 0 radical (unpaired) electrons. The molecule has 2 aliphatic heterocycles. The molecule has 2 aromatic heterocycles. The van der Waals surface area contributed by atoms with E-state index in [0.717, 1.165) is 61.5 Å². The number of aromatic nitrogens is 3. The zero-order valence-corrected chi connectivity index (χ0v) is 17.9. The largest absolute Gasteiger partial charge is 0.573 e. The monoisotopic (exact) mass is 459 g/mol. The second-order valence-corrected chi connectivity index (χ2v) is 8.55. The minimum atomic E-state index is -4.75. The number of hydrogen-bond acceptors (Lipinski definition) is 5. The molecule has 7 nitrogen and oxygen atoms in total. The fourth-order valence-corrected chi connectivity index (χ4v) is 4.75. The summed E-state index contributed by atoms with van der Waals surface area (Å²) in [5.41, 5.74) is 3.22. The number of benzene rings is 1. The van der Waals surface area contributed by atoms with E-state index in [-0.39, 0.29) is 17.6 Å². The Morgan fingerprint density at radius 1 is 1.06 bits per heavy atom. The van der Waals surface area contributed by atoms with Gasteiger partial charge in [0, 0.05) is 37.3 Å². The average molecular weight is 459 g/mol. The third-order valence-electron chi connectivity index (χ3n) is 6.45. The first-order valence-corrected chi connectivity index (χ1v) is 11.1. The summed E-state index contributed by atoms with van der Waals surface area (Å²) in [7, 11) is 0. The van der Waals surface area contributed by atoms with Crippen LogP contribution in [0.15, 0.2) is 36.5 Å². The number of likely N-dealkylation sites (tertiary alicyclic amines) is 1. The first-order valence-electron chi connectivity index (χ1n) is 11.1. The zero-order chi connectivity index (χ0) is 23.0. The van der Waals surface area contributed by atoms with Crippen LogP contribution in [-0.2, 0) is 0 Å². The Morgan fingerprint density at radius 3 is 2.48 bits per heavy atom. The maximum Gasteiger partial charge on any atom is 0.573 e. The van der Waals surface area contributed by atoms with Crippen molar-refractivity contribution in [3.63, 3.8) is 0 Å². The van der Waals surface area contributed by atoms with Crippen molar-refractivity contribution < 1.29 is 22.7 Å². The summed E-state index contributed by atoms with van der Waals surface area (Å²) in [6, 6.07) is 7.09. The second-order valence-electron chi connectivity index (χ2n) is 8.55. The Kier molecular flexibility index (Phi) is 5.69. The van der Waals surface area contributed by atoms with E-state index in [0.29, 0.717) is 24.6 Å². The maximum absolute atomic E-state index is 12.8. The topological polar surface area (TPSA) is 83.1 Å². The van der Waals surface area contributed by atoms with Crippen LogP contribution in [0.25, 0.3) is 11.2 Å². The number of carbonyl (C=O) groups is 1. The van der Waals surface area contributed by atoms with Crippen molar-refractivity contribution >= 4 is 17.1 Å². The van der Waals surface area contributed by atoms with Gasteiger partial charge in [-0.1, -0.05) is 0 Å². The van der Waals surface area contributed by atoms with Gasteiger partial charge in [0.15, 0.2) is 5.65 Å². The lowest BCUT2D eigenvalue weighted by Crippen LogP contribution is -2.38. The van der Waals surface area contributed by atoms with Crippen molar-refractivity contribution in [2.24, 2.45) is 0 Å². The first kappa shape index (κ1) is 21.7. The number of nitrogens with zero attached hydrogens (tertiary/aromatic N) is 3. The molecule has 10 heteroatoms. The van der Waals surface area contributed by atoms with Gasteiger partial charge in [0.2, 0.25) is 0 Å². The van der Waals surface area contributed by atoms with Crippen LogP contribution in [0, 0.1) is 0 Å². The molecule has 0 spiro atoms. The van der Waals surface area contributed by atoms with Crippen molar-refractivity contribution in [1.82, 2.24) is 25.2 Å². The molecule has 0 saturated carbocycles. The molecule has 1 unspecified atom stereocenters. The highest BCUT2D eigenvalue weighted by Gasteiger charge is 2.31. The number of hydrogen-bond donors (Lipinski definition) is 2. The van der Waals surface area contributed by atoms with Gasteiger partial charge in [0.1, 0.15) is 11.6 Å². The van der Waals surface area contributed by atoms with Crippen LogP contribution < -0.4 is 10.1 Å². The Morgan fingerprint density at radius 2 is 1.82 bits per heavy atom. The number of ether oxygens (including phenoxy) is 1. The van der Waals surface area contributed by atoms with E-state index in [2.05, 4.69) is 20.0 Å². The summed E-state index contributed by atoms with van der Waals surface area (Å²) in [5.74, 6) is 1.09. The predicted octanol–water partition coefficient (Wildman–Crippen LogP) is 3.95. The van der Waals surface area contributed by atoms with Gasteiger partial charge in [-0.25, -0.2) is 9.97 Å². The minimum absolute atomic E-state index is 0.190. The number of alkyl halides is 3. The van der Waals surface area contributed by atoms with Crippen LogP contribution in [0.3, 0.4) is 0 Å². The third-order valence-corrected chi connectivity index (χ3v) is 6.45. The van der Waals surface area contributed by atoms with E-state index < -0.39 is 6.36 Å². The van der Waals surface area contributed by atoms with Gasteiger partial charge in [-0.15, -0.1) is 13.2 Å². The van der Waals surface area contributed by atoms with Crippen molar-refractivity contribution in [2.45, 2.75) is 37.5 Å². The highest BCUT2D eigenvalue weighted by Crippen LogP contribution is 2.33. The van der Waals surface area contributed by atoms with Crippen LogP contribution >= 0.6 is 0 Å². The smallest absolute Gasteiger partial charge is 0.406 e. The van der Waals surface area contributed by atoms with Gasteiger partial charge in [0.05, 0.1) is 5.52 Å². The van der Waals surface area contributed by atoms with Crippen molar-refractivity contribution in [3.05, 3.63) is 53.5 Å². The SMILES string of the molecule is O=C(c1ccc(OC(F)(F)F)cc1)N1CCC(c2ccnc3nc(C4CCNC4)[nH]c23)CC1. The van der Waals surface area contributed by atoms with E-state index in [9.17, 15) is 18.0 Å². The van der Waals surface area contributed by atoms with Crippen molar-refractivity contribution in [1.29, 1.82) is 0 Å². The molecule has 2 N–H and O–H groups in total. The van der Waals surface area contributed by atoms with E-state index in [4.69, 9.17) is 4.98 Å². The van der Waals surface area contributed by atoms with Gasteiger partial charge in [0.25, 0.3) is 5.91 Å². The molecule has 33 heavy (non-hydrogen) atoms. The van der Waals surface area contributed by atoms with Gasteiger partial charge in [-0.3, -0.25) is 4.79 Å². The molecule has 1 amide bonds. The number of piperidine rings is 1. The summed E-state index contributed by atoms with van der Waals surface area (Å²) in [6.07, 6.45) is -0.329. The van der Waals surface area contributed by atoms with Gasteiger partial charge >= 0.3 is 6.36 Å². The number of carbonyl (C=O) groups excluding carboxylic acids is 1. The predicted molar refractivity (Wildman–Crippen MR) is 115 cm³/mol. The van der Waals surface area contributed by atoms with Gasteiger partial charge in [-0.2, -0.15) is 0 Å². The number of amides is 1. The highest BCUT2D eigenvalue weighted by molar-refractivity contribution is 5.94. The molecule has 2 fully saturated rings. The summed E-state index contributed by atoms with van der Waals surface area (Å²) < 4.78 is 40.9. The Hall–Kier alpha value is -3.14. The molecule has 4 heterocycles. The van der Waals surface area contributed by atoms with Crippen molar-refractivity contribution in [2.75, 3.05) is 26.2 Å². The molecular formula is C23H24F3N5O2. The molecule has 2 saturated heterocycles. The van der Waals surface area contributed by atoms with E-state index in [1.54, 1.807) is 11.1 Å². The number of halogens is 3. The Balaban J connectivity index is 1.25. The lowest BCUT2D eigenvalue weighted by atomic mass is 9.89. The molecule has 5 rings (SSSR count). The summed E-state index contributed by atoms with van der Waals surface area (Å²) >= 11 is 0. The fourth-order valence-electron chi connectivity index (χ4n) is 4.75. The van der Waals surface area contributed by atoms with Crippen LogP contribution in [0.5, 0.6) is 5.75 Å². The molecular weight excluding hydrogens is 435 g/mol. The van der Waals surface area contributed by atoms with Gasteiger partial charge < -0.3 is 19.9 Å². The maximum atomic E-state index is 12.8. The Labute approximate surface area is 188 Å². The lowest BCUT2D eigenvalue weighted by molar-refractivity contribution is -0.274. The zero-order valence-electron chi connectivity index (χ0n) is 17.9. The van der Waals surface area contributed by atoms with Crippen molar-refractivity contribution in [3.8, 4) is 5.75 Å². The number of fused-ring (bicyclic) bond motifs is 1. The quantitative estimate of drug-likeness (QED) is 0.617. The Bertz CT molecular complexity index is 1130. The third kappa shape index (κ3) is 4.66. The van der Waals surface area contributed by atoms with Gasteiger partial charge in [-0.05, 0) is 67.6 Å².